The second-order valence-corrected chi connectivity index (χ2v) is 13.7. The third kappa shape index (κ3) is 6.86. The summed E-state index contributed by atoms with van der Waals surface area (Å²) in [5.41, 5.74) is -0.0820. The molecule has 3 rings (SSSR count). The highest BCUT2D eigenvalue weighted by Gasteiger charge is 2.39. The van der Waals surface area contributed by atoms with Crippen molar-refractivity contribution in [2.75, 3.05) is 29.3 Å². The average molecular weight is 591 g/mol. The maximum Gasteiger partial charge on any atom is 0.430 e. The molecule has 1 saturated heterocycles. The number of halogens is 2. The molecule has 2 amide bonds. The molecule has 2 aromatic rings. The van der Waals surface area contributed by atoms with Gasteiger partial charge in [0, 0.05) is 37.6 Å². The van der Waals surface area contributed by atoms with Gasteiger partial charge in [0.15, 0.2) is 5.82 Å². The molecule has 1 aromatic heterocycles. The Labute approximate surface area is 231 Å². The van der Waals surface area contributed by atoms with E-state index in [-0.39, 0.29) is 22.6 Å². The van der Waals surface area contributed by atoms with Gasteiger partial charge in [-0.3, -0.25) is 0 Å². The van der Waals surface area contributed by atoms with Crippen molar-refractivity contribution in [1.29, 1.82) is 0 Å². The number of likely N-dealkylation sites (N-methyl/N-ethyl adjacent to an activating group) is 1. The lowest BCUT2D eigenvalue weighted by Gasteiger charge is -2.29. The smallest absolute Gasteiger partial charge is 0.430 e. The summed E-state index contributed by atoms with van der Waals surface area (Å²) in [6, 6.07) is 1.75. The number of benzene rings is 1. The molecule has 1 atom stereocenters. The fourth-order valence-corrected chi connectivity index (χ4v) is 6.05. The second kappa shape index (κ2) is 10.9. The molecule has 210 valence electrons. The Morgan fingerprint density at radius 1 is 1.16 bits per heavy atom. The fraction of sp³-hybridized carbons (Fsp3) is 0.542. The number of sulfonamides is 1. The van der Waals surface area contributed by atoms with Crippen LogP contribution in [0.3, 0.4) is 0 Å². The maximum atomic E-state index is 15.4. The standard InChI is InChI=1S/C24H32ClFN4O6S2/c1-23(2,3)35-21(31)29-9-8-15(12-29)28(7)18-11-17(26)19(10-16(18)25)38(33,34)30(20-13-37-14-27-20)22(32)36-24(4,5)6/h10-11,13-15H,8-9,12H2,1-7H3/t15-/m1/s1. The normalized spacial score (nSPS) is 16.3. The minimum Gasteiger partial charge on any atom is -0.444 e. The van der Waals surface area contributed by atoms with Gasteiger partial charge in [-0.25, -0.2) is 27.4 Å². The first-order valence-corrected chi connectivity index (χ1v) is 14.5. The van der Waals surface area contributed by atoms with Gasteiger partial charge in [0.25, 0.3) is 10.0 Å². The van der Waals surface area contributed by atoms with Gasteiger partial charge in [-0.05, 0) is 54.0 Å². The van der Waals surface area contributed by atoms with E-state index in [0.29, 0.717) is 23.8 Å². The minimum absolute atomic E-state index is 0.0504. The predicted molar refractivity (Wildman–Crippen MR) is 144 cm³/mol. The Morgan fingerprint density at radius 2 is 1.79 bits per heavy atom. The van der Waals surface area contributed by atoms with Crippen LogP contribution in [0.15, 0.2) is 27.9 Å². The number of carbonyl (C=O) groups excluding carboxylic acids is 2. The molecule has 38 heavy (non-hydrogen) atoms. The topological polar surface area (TPSA) is 109 Å². The molecule has 1 fully saturated rings. The van der Waals surface area contributed by atoms with Crippen molar-refractivity contribution in [2.24, 2.45) is 0 Å². The summed E-state index contributed by atoms with van der Waals surface area (Å²) < 4.78 is 53.5. The molecule has 0 unspecified atom stereocenters. The van der Waals surface area contributed by atoms with Gasteiger partial charge < -0.3 is 19.3 Å². The zero-order chi connectivity index (χ0) is 28.6. The number of likely N-dealkylation sites (tertiary alicyclic amines) is 1. The van der Waals surface area contributed by atoms with Crippen LogP contribution < -0.4 is 9.21 Å². The third-order valence-corrected chi connectivity index (χ3v) is 8.01. The van der Waals surface area contributed by atoms with E-state index in [1.807, 2.05) is 0 Å². The molecule has 0 spiro atoms. The number of nitrogens with zero attached hydrogens (tertiary/aromatic N) is 4. The first kappa shape index (κ1) is 29.9. The summed E-state index contributed by atoms with van der Waals surface area (Å²) in [5.74, 6) is -1.34. The fourth-order valence-electron chi connectivity index (χ4n) is 3.76. The van der Waals surface area contributed by atoms with E-state index < -0.39 is 44.1 Å². The van der Waals surface area contributed by atoms with Crippen LogP contribution >= 0.6 is 22.9 Å². The molecule has 1 aliphatic heterocycles. The average Bonchev–Trinajstić information content (AvgIpc) is 3.44. The number of hydrogen-bond acceptors (Lipinski definition) is 9. The van der Waals surface area contributed by atoms with Gasteiger partial charge in [0.05, 0.1) is 16.2 Å². The third-order valence-electron chi connectivity index (χ3n) is 5.45. The summed E-state index contributed by atoms with van der Waals surface area (Å²) in [7, 11) is -3.11. The molecule has 2 heterocycles. The van der Waals surface area contributed by atoms with E-state index in [1.54, 1.807) is 58.4 Å². The van der Waals surface area contributed by atoms with Gasteiger partial charge in [-0.1, -0.05) is 11.6 Å². The van der Waals surface area contributed by atoms with Gasteiger partial charge in [-0.2, -0.15) is 0 Å². The summed E-state index contributed by atoms with van der Waals surface area (Å²) >= 11 is 7.52. The molecular formula is C24H32ClFN4O6S2. The summed E-state index contributed by atoms with van der Waals surface area (Å²) in [5, 5.41) is 1.28. The van der Waals surface area contributed by atoms with Crippen molar-refractivity contribution in [1.82, 2.24) is 9.88 Å². The predicted octanol–water partition coefficient (Wildman–Crippen LogP) is 5.51. The van der Waals surface area contributed by atoms with E-state index in [1.165, 1.54) is 10.9 Å². The lowest BCUT2D eigenvalue weighted by Crippen LogP contribution is -2.41. The summed E-state index contributed by atoms with van der Waals surface area (Å²) in [4.78, 5) is 31.7. The molecule has 14 heteroatoms. The van der Waals surface area contributed by atoms with Crippen LogP contribution in [0.2, 0.25) is 5.02 Å². The Bertz CT molecular complexity index is 1290. The molecular weight excluding hydrogens is 559 g/mol. The van der Waals surface area contributed by atoms with Gasteiger partial charge >= 0.3 is 12.2 Å². The zero-order valence-electron chi connectivity index (χ0n) is 22.3. The van der Waals surface area contributed by atoms with Crippen LogP contribution in [-0.2, 0) is 19.5 Å². The van der Waals surface area contributed by atoms with Crippen molar-refractivity contribution < 1.29 is 31.9 Å². The first-order valence-electron chi connectivity index (χ1n) is 11.8. The number of hydrogen-bond donors (Lipinski definition) is 0. The number of ether oxygens (including phenoxy) is 2. The largest absolute Gasteiger partial charge is 0.444 e. The molecule has 1 aromatic carbocycles. The number of anilines is 2. The van der Waals surface area contributed by atoms with Gasteiger partial charge in [-0.15, -0.1) is 15.6 Å². The van der Waals surface area contributed by atoms with Crippen molar-refractivity contribution in [3.8, 4) is 0 Å². The molecule has 0 N–H and O–H groups in total. The monoisotopic (exact) mass is 590 g/mol. The lowest BCUT2D eigenvalue weighted by atomic mass is 10.2. The summed E-state index contributed by atoms with van der Waals surface area (Å²) in [6.45, 7) is 10.8. The van der Waals surface area contributed by atoms with Crippen LogP contribution in [0.4, 0.5) is 25.5 Å². The Hall–Kier alpha value is -2.64. The van der Waals surface area contributed by atoms with Crippen LogP contribution in [0.1, 0.15) is 48.0 Å². The minimum atomic E-state index is -4.79. The maximum absolute atomic E-state index is 15.4. The molecule has 0 radical (unpaired) electrons. The second-order valence-electron chi connectivity index (χ2n) is 10.8. The van der Waals surface area contributed by atoms with Crippen molar-refractivity contribution >= 4 is 56.7 Å². The van der Waals surface area contributed by atoms with E-state index in [4.69, 9.17) is 21.1 Å². The molecule has 0 saturated carbocycles. The number of aromatic nitrogens is 1. The quantitative estimate of drug-likeness (QED) is 0.448. The van der Waals surface area contributed by atoms with Gasteiger partial charge in [0.2, 0.25) is 0 Å². The highest BCUT2D eigenvalue weighted by atomic mass is 35.5. The zero-order valence-corrected chi connectivity index (χ0v) is 24.7. The first-order chi connectivity index (χ1) is 17.4. The Kier molecular flexibility index (Phi) is 8.54. The molecule has 0 bridgehead atoms. The van der Waals surface area contributed by atoms with Crippen LogP contribution in [0, 0.1) is 5.82 Å². The highest BCUT2D eigenvalue weighted by Crippen LogP contribution is 2.35. The Morgan fingerprint density at radius 3 is 2.34 bits per heavy atom. The van der Waals surface area contributed by atoms with E-state index >= 15 is 4.39 Å². The van der Waals surface area contributed by atoms with Crippen LogP contribution in [0.25, 0.3) is 0 Å². The SMILES string of the molecule is CN(c1cc(F)c(S(=O)(=O)N(C(=O)OC(C)(C)C)c2cscn2)cc1Cl)[C@@H]1CCN(C(=O)OC(C)(C)C)C1. The lowest BCUT2D eigenvalue weighted by molar-refractivity contribution is 0.0292. The van der Waals surface area contributed by atoms with E-state index in [9.17, 15) is 18.0 Å². The van der Waals surface area contributed by atoms with Crippen LogP contribution in [0.5, 0.6) is 0 Å². The van der Waals surface area contributed by atoms with Gasteiger partial charge in [0.1, 0.15) is 21.9 Å². The van der Waals surface area contributed by atoms with Crippen molar-refractivity contribution in [3.05, 3.63) is 33.9 Å². The van der Waals surface area contributed by atoms with E-state index in [2.05, 4.69) is 4.98 Å². The van der Waals surface area contributed by atoms with Crippen LogP contribution in [-0.4, -0.2) is 67.9 Å². The van der Waals surface area contributed by atoms with Crippen molar-refractivity contribution in [3.63, 3.8) is 0 Å². The van der Waals surface area contributed by atoms with Crippen molar-refractivity contribution in [2.45, 2.75) is 70.1 Å². The number of rotatable bonds is 5. The molecule has 1 aliphatic rings. The highest BCUT2D eigenvalue weighted by molar-refractivity contribution is 7.93. The number of amides is 2. The summed E-state index contributed by atoms with van der Waals surface area (Å²) in [6.07, 6.45) is -1.10. The Balaban J connectivity index is 1.90. The van der Waals surface area contributed by atoms with E-state index in [0.717, 1.165) is 23.5 Å². The number of carbonyl (C=O) groups is 2. The number of thiazole rings is 1. The molecule has 0 aliphatic carbocycles. The molecule has 10 nitrogen and oxygen atoms in total.